The van der Waals surface area contributed by atoms with E-state index >= 15 is 0 Å². The summed E-state index contributed by atoms with van der Waals surface area (Å²) < 4.78 is 28.3. The molecular weight excluding hydrogens is 210 g/mol. The Morgan fingerprint density at radius 3 is 2.71 bits per heavy atom. The van der Waals surface area contributed by atoms with Crippen molar-refractivity contribution in [2.24, 2.45) is 0 Å². The van der Waals surface area contributed by atoms with Gasteiger partial charge in [0.2, 0.25) is 10.0 Å². The van der Waals surface area contributed by atoms with Crippen LogP contribution in [-0.4, -0.2) is 55.9 Å². The third-order valence-electron chi connectivity index (χ3n) is 2.05. The van der Waals surface area contributed by atoms with Gasteiger partial charge in [0.25, 0.3) is 0 Å². The number of sulfonamides is 1. The van der Waals surface area contributed by atoms with Gasteiger partial charge < -0.3 is 9.84 Å². The van der Waals surface area contributed by atoms with Gasteiger partial charge in [-0.05, 0) is 6.42 Å². The molecule has 1 fully saturated rings. The van der Waals surface area contributed by atoms with Crippen LogP contribution in [0.25, 0.3) is 0 Å². The first-order valence-corrected chi connectivity index (χ1v) is 5.79. The van der Waals surface area contributed by atoms with Crippen LogP contribution in [-0.2, 0) is 19.6 Å². The van der Waals surface area contributed by atoms with Gasteiger partial charge in [0, 0.05) is 13.1 Å². The van der Waals surface area contributed by atoms with E-state index in [4.69, 9.17) is 5.11 Å². The van der Waals surface area contributed by atoms with E-state index in [0.717, 1.165) is 11.4 Å². The first-order chi connectivity index (χ1) is 6.45. The lowest BCUT2D eigenvalue weighted by atomic mass is 10.3. The third-order valence-corrected chi connectivity index (χ3v) is 3.77. The highest BCUT2D eigenvalue weighted by Gasteiger charge is 2.32. The highest BCUT2D eigenvalue weighted by Crippen LogP contribution is 2.13. The van der Waals surface area contributed by atoms with Gasteiger partial charge in [-0.1, -0.05) is 0 Å². The third kappa shape index (κ3) is 2.66. The SMILES string of the molecule is COC(=O)CS(=O)(=O)N1CC[C@@H](O)C1. The fraction of sp³-hybridized carbons (Fsp3) is 0.857. The zero-order valence-electron chi connectivity index (χ0n) is 7.84. The molecule has 0 unspecified atom stereocenters. The minimum atomic E-state index is -3.61. The standard InChI is InChI=1S/C7H13NO5S/c1-13-7(10)5-14(11,12)8-3-2-6(9)4-8/h6,9H,2-5H2,1H3/t6-/m1/s1. The fourth-order valence-electron chi connectivity index (χ4n) is 1.26. The van der Waals surface area contributed by atoms with Gasteiger partial charge in [-0.3, -0.25) is 4.79 Å². The number of β-amino-alcohol motifs (C(OH)–C–C–N with tert-alkyl or cyclic N) is 1. The second-order valence-corrected chi connectivity index (χ2v) is 5.10. The van der Waals surface area contributed by atoms with E-state index in [-0.39, 0.29) is 13.1 Å². The van der Waals surface area contributed by atoms with Crippen molar-refractivity contribution in [3.8, 4) is 0 Å². The molecule has 0 aliphatic carbocycles. The topological polar surface area (TPSA) is 83.9 Å². The number of esters is 1. The Hall–Kier alpha value is -0.660. The highest BCUT2D eigenvalue weighted by atomic mass is 32.2. The van der Waals surface area contributed by atoms with E-state index < -0.39 is 27.8 Å². The maximum absolute atomic E-state index is 11.5. The normalized spacial score (nSPS) is 23.7. The van der Waals surface area contributed by atoms with Crippen molar-refractivity contribution in [2.45, 2.75) is 12.5 Å². The molecule has 0 bridgehead atoms. The van der Waals surface area contributed by atoms with Crippen molar-refractivity contribution in [3.63, 3.8) is 0 Å². The van der Waals surface area contributed by atoms with Crippen LogP contribution in [0.1, 0.15) is 6.42 Å². The molecule has 1 aliphatic heterocycles. The summed E-state index contributed by atoms with van der Waals surface area (Å²) in [5.74, 6) is -1.44. The maximum Gasteiger partial charge on any atom is 0.322 e. The second-order valence-electron chi connectivity index (χ2n) is 3.13. The Bertz CT molecular complexity index is 312. The van der Waals surface area contributed by atoms with E-state index in [1.54, 1.807) is 0 Å². The smallest absolute Gasteiger partial charge is 0.322 e. The molecule has 1 saturated heterocycles. The summed E-state index contributed by atoms with van der Waals surface area (Å²) in [4.78, 5) is 10.8. The van der Waals surface area contributed by atoms with Crippen molar-refractivity contribution in [3.05, 3.63) is 0 Å². The molecule has 1 rings (SSSR count). The van der Waals surface area contributed by atoms with Crippen molar-refractivity contribution in [2.75, 3.05) is 26.0 Å². The molecule has 0 saturated carbocycles. The molecule has 1 N–H and O–H groups in total. The van der Waals surface area contributed by atoms with E-state index in [1.807, 2.05) is 0 Å². The number of aliphatic hydroxyl groups is 1. The Balaban J connectivity index is 2.62. The van der Waals surface area contributed by atoms with Crippen LogP contribution in [0.5, 0.6) is 0 Å². The molecule has 0 radical (unpaired) electrons. The number of rotatable bonds is 3. The quantitative estimate of drug-likeness (QED) is 0.592. The average Bonchev–Trinajstić information content (AvgIpc) is 2.51. The van der Waals surface area contributed by atoms with Gasteiger partial charge in [0.1, 0.15) is 0 Å². The number of carbonyl (C=O) groups excluding carboxylic acids is 1. The number of ether oxygens (including phenoxy) is 1. The molecule has 7 heteroatoms. The summed E-state index contributed by atoms with van der Waals surface area (Å²) in [6, 6.07) is 0. The van der Waals surface area contributed by atoms with Gasteiger partial charge >= 0.3 is 5.97 Å². The molecule has 1 aliphatic rings. The minimum absolute atomic E-state index is 0.0688. The first kappa shape index (κ1) is 11.4. The predicted octanol–water partition coefficient (Wildman–Crippen LogP) is -1.44. The summed E-state index contributed by atoms with van der Waals surface area (Å²) in [6.45, 7) is 0.333. The monoisotopic (exact) mass is 223 g/mol. The molecule has 1 heterocycles. The Morgan fingerprint density at radius 2 is 2.29 bits per heavy atom. The van der Waals surface area contributed by atoms with Crippen LogP contribution in [0.3, 0.4) is 0 Å². The van der Waals surface area contributed by atoms with Gasteiger partial charge in [0.15, 0.2) is 5.75 Å². The van der Waals surface area contributed by atoms with E-state index in [0.29, 0.717) is 6.42 Å². The lowest BCUT2D eigenvalue weighted by molar-refractivity contribution is -0.137. The van der Waals surface area contributed by atoms with Crippen LogP contribution in [0.4, 0.5) is 0 Å². The lowest BCUT2D eigenvalue weighted by Gasteiger charge is -2.14. The number of hydrogen-bond donors (Lipinski definition) is 1. The van der Waals surface area contributed by atoms with Crippen LogP contribution >= 0.6 is 0 Å². The number of methoxy groups -OCH3 is 1. The van der Waals surface area contributed by atoms with Gasteiger partial charge in [-0.2, -0.15) is 4.31 Å². The fourth-order valence-corrected chi connectivity index (χ4v) is 2.64. The maximum atomic E-state index is 11.5. The number of aliphatic hydroxyl groups excluding tert-OH is 1. The van der Waals surface area contributed by atoms with Gasteiger partial charge in [-0.25, -0.2) is 8.42 Å². The van der Waals surface area contributed by atoms with Crippen molar-refractivity contribution in [1.29, 1.82) is 0 Å². The largest absolute Gasteiger partial charge is 0.468 e. The number of carbonyl (C=O) groups is 1. The molecule has 0 aromatic carbocycles. The lowest BCUT2D eigenvalue weighted by Crippen LogP contribution is -2.34. The first-order valence-electron chi connectivity index (χ1n) is 4.18. The molecule has 82 valence electrons. The molecular formula is C7H13NO5S. The molecule has 0 aromatic rings. The van der Waals surface area contributed by atoms with Crippen LogP contribution in [0.15, 0.2) is 0 Å². The molecule has 1 atom stereocenters. The molecule has 0 amide bonds. The zero-order valence-corrected chi connectivity index (χ0v) is 8.66. The summed E-state index contributed by atoms with van der Waals surface area (Å²) in [5, 5.41) is 9.13. The van der Waals surface area contributed by atoms with Crippen molar-refractivity contribution in [1.82, 2.24) is 4.31 Å². The summed E-state index contributed by atoms with van der Waals surface area (Å²) in [6.07, 6.45) is -0.206. The summed E-state index contributed by atoms with van der Waals surface area (Å²) in [7, 11) is -2.47. The van der Waals surface area contributed by atoms with Crippen molar-refractivity contribution >= 4 is 16.0 Å². The Morgan fingerprint density at radius 1 is 1.64 bits per heavy atom. The molecule has 6 nitrogen and oxygen atoms in total. The zero-order chi connectivity index (χ0) is 10.8. The molecule has 0 aromatic heterocycles. The average molecular weight is 223 g/mol. The van der Waals surface area contributed by atoms with Crippen LogP contribution in [0, 0.1) is 0 Å². The van der Waals surface area contributed by atoms with Gasteiger partial charge in [0.05, 0.1) is 13.2 Å². The van der Waals surface area contributed by atoms with E-state index in [2.05, 4.69) is 4.74 Å². The summed E-state index contributed by atoms with van der Waals surface area (Å²) >= 11 is 0. The van der Waals surface area contributed by atoms with Gasteiger partial charge in [-0.15, -0.1) is 0 Å². The summed E-state index contributed by atoms with van der Waals surface area (Å²) in [5.41, 5.74) is 0. The Kier molecular flexibility index (Phi) is 3.46. The second kappa shape index (κ2) is 4.24. The number of nitrogens with zero attached hydrogens (tertiary/aromatic N) is 1. The highest BCUT2D eigenvalue weighted by molar-refractivity contribution is 7.89. The number of hydrogen-bond acceptors (Lipinski definition) is 5. The van der Waals surface area contributed by atoms with E-state index in [9.17, 15) is 13.2 Å². The predicted molar refractivity (Wildman–Crippen MR) is 48.0 cm³/mol. The Labute approximate surface area is 82.5 Å². The van der Waals surface area contributed by atoms with E-state index in [1.165, 1.54) is 0 Å². The van der Waals surface area contributed by atoms with Crippen molar-refractivity contribution < 1.29 is 23.1 Å². The van der Waals surface area contributed by atoms with Crippen LogP contribution in [0.2, 0.25) is 0 Å². The molecule has 14 heavy (non-hydrogen) atoms. The van der Waals surface area contributed by atoms with Crippen LogP contribution < -0.4 is 0 Å². The molecule has 0 spiro atoms. The minimum Gasteiger partial charge on any atom is -0.468 e.